The molecular formula is C25H29N5O5S. The fourth-order valence-corrected chi connectivity index (χ4v) is 6.43. The van der Waals surface area contributed by atoms with Crippen molar-refractivity contribution in [2.45, 2.75) is 24.3 Å². The summed E-state index contributed by atoms with van der Waals surface area (Å²) >= 11 is 0. The number of aromatic nitrogens is 2. The average molecular weight is 512 g/mol. The number of piperidine rings is 1. The van der Waals surface area contributed by atoms with Crippen molar-refractivity contribution in [3.8, 4) is 0 Å². The summed E-state index contributed by atoms with van der Waals surface area (Å²) in [6.45, 7) is 1.64. The zero-order chi connectivity index (χ0) is 25.4. The van der Waals surface area contributed by atoms with Gasteiger partial charge in [0.1, 0.15) is 0 Å². The number of hydrogen-bond acceptors (Lipinski definition) is 6. The smallest absolute Gasteiger partial charge is 0.262 e. The van der Waals surface area contributed by atoms with Gasteiger partial charge in [0.25, 0.3) is 15.9 Å². The Morgan fingerprint density at radius 3 is 2.67 bits per heavy atom. The summed E-state index contributed by atoms with van der Waals surface area (Å²) in [5, 5.41) is 4.71. The van der Waals surface area contributed by atoms with E-state index >= 15 is 0 Å². The van der Waals surface area contributed by atoms with E-state index in [0.29, 0.717) is 37.2 Å². The number of amides is 2. The van der Waals surface area contributed by atoms with Crippen LogP contribution in [0, 0.1) is 5.92 Å². The Labute approximate surface area is 209 Å². The predicted molar refractivity (Wildman–Crippen MR) is 135 cm³/mol. The van der Waals surface area contributed by atoms with Gasteiger partial charge < -0.3 is 19.5 Å². The number of nitrogens with one attached hydrogen (secondary N) is 1. The van der Waals surface area contributed by atoms with Crippen molar-refractivity contribution >= 4 is 44.0 Å². The maximum Gasteiger partial charge on any atom is 0.262 e. The van der Waals surface area contributed by atoms with Gasteiger partial charge in [0, 0.05) is 74.5 Å². The highest BCUT2D eigenvalue weighted by Crippen LogP contribution is 2.41. The number of imidazole rings is 1. The van der Waals surface area contributed by atoms with Crippen LogP contribution in [0.25, 0.3) is 10.8 Å². The second kappa shape index (κ2) is 9.64. The van der Waals surface area contributed by atoms with Crippen molar-refractivity contribution < 1.29 is 22.7 Å². The van der Waals surface area contributed by atoms with Crippen LogP contribution >= 0.6 is 0 Å². The summed E-state index contributed by atoms with van der Waals surface area (Å²) in [5.74, 6) is -0.501. The first-order valence-electron chi connectivity index (χ1n) is 12.0. The minimum absolute atomic E-state index is 0.0200. The highest BCUT2D eigenvalue weighted by molar-refractivity contribution is 7.89. The van der Waals surface area contributed by atoms with Gasteiger partial charge in [0.05, 0.1) is 12.0 Å². The molecule has 0 aliphatic carbocycles. The molecule has 1 fully saturated rings. The van der Waals surface area contributed by atoms with Crippen LogP contribution in [0.3, 0.4) is 0 Å². The van der Waals surface area contributed by atoms with E-state index in [1.165, 1.54) is 16.8 Å². The van der Waals surface area contributed by atoms with Crippen LogP contribution in [0.4, 0.5) is 11.4 Å². The van der Waals surface area contributed by atoms with E-state index in [1.807, 2.05) is 30.3 Å². The largest absolute Gasteiger partial charge is 0.385 e. The lowest BCUT2D eigenvalue weighted by Crippen LogP contribution is -2.41. The van der Waals surface area contributed by atoms with Gasteiger partial charge in [-0.2, -0.15) is 4.31 Å². The van der Waals surface area contributed by atoms with Gasteiger partial charge in [-0.3, -0.25) is 9.59 Å². The number of aryl methyl sites for hydroxylation is 1. The lowest BCUT2D eigenvalue weighted by atomic mass is 9.96. The topological polar surface area (TPSA) is 114 Å². The van der Waals surface area contributed by atoms with E-state index in [9.17, 15) is 18.0 Å². The molecule has 3 heterocycles. The quantitative estimate of drug-likeness (QED) is 0.465. The van der Waals surface area contributed by atoms with Gasteiger partial charge in [-0.1, -0.05) is 12.1 Å². The van der Waals surface area contributed by atoms with E-state index in [0.717, 1.165) is 22.9 Å². The molecule has 2 amide bonds. The molecule has 2 aliphatic rings. The molecule has 0 radical (unpaired) electrons. The zero-order valence-electron chi connectivity index (χ0n) is 20.3. The molecule has 0 bridgehead atoms. The van der Waals surface area contributed by atoms with Crippen molar-refractivity contribution in [2.24, 2.45) is 13.0 Å². The SMILES string of the molecule is COCCCN1C(=O)c2cccc3c(NC(=O)C4CCN(S(=O)(=O)c5cn(C)cn5)CC4)ccc1c23. The third-order valence-corrected chi connectivity index (χ3v) is 8.67. The Balaban J connectivity index is 1.30. The Bertz CT molecular complexity index is 1430. The van der Waals surface area contributed by atoms with Gasteiger partial charge in [0.15, 0.2) is 5.03 Å². The van der Waals surface area contributed by atoms with Crippen LogP contribution in [-0.4, -0.2) is 67.4 Å². The number of carbonyl (C=O) groups excluding carboxylic acids is 2. The maximum absolute atomic E-state index is 13.1. The number of carbonyl (C=O) groups is 2. The lowest BCUT2D eigenvalue weighted by Gasteiger charge is -2.30. The summed E-state index contributed by atoms with van der Waals surface area (Å²) in [5.41, 5.74) is 2.12. The number of benzene rings is 2. The molecule has 0 saturated carbocycles. The summed E-state index contributed by atoms with van der Waals surface area (Å²) in [6, 6.07) is 9.26. The second-order valence-electron chi connectivity index (χ2n) is 9.21. The van der Waals surface area contributed by atoms with E-state index in [2.05, 4.69) is 10.3 Å². The Morgan fingerprint density at radius 1 is 1.19 bits per heavy atom. The van der Waals surface area contributed by atoms with Crippen LogP contribution in [-0.2, 0) is 26.6 Å². The number of anilines is 2. The highest BCUT2D eigenvalue weighted by atomic mass is 32.2. The number of hydrogen-bond donors (Lipinski definition) is 1. The normalized spacial score (nSPS) is 16.7. The van der Waals surface area contributed by atoms with Gasteiger partial charge in [-0.05, 0) is 37.5 Å². The van der Waals surface area contributed by atoms with Crippen LogP contribution in [0.2, 0.25) is 0 Å². The van der Waals surface area contributed by atoms with Gasteiger partial charge in [0.2, 0.25) is 5.91 Å². The van der Waals surface area contributed by atoms with Crippen LogP contribution in [0.5, 0.6) is 0 Å². The summed E-state index contributed by atoms with van der Waals surface area (Å²) < 4.78 is 33.8. The first kappa shape index (κ1) is 24.4. The van der Waals surface area contributed by atoms with E-state index in [-0.39, 0.29) is 35.8 Å². The van der Waals surface area contributed by atoms with Crippen molar-refractivity contribution in [1.29, 1.82) is 0 Å². The number of methoxy groups -OCH3 is 1. The first-order valence-corrected chi connectivity index (χ1v) is 13.4. The average Bonchev–Trinajstić information content (AvgIpc) is 3.44. The molecular weight excluding hydrogens is 482 g/mol. The van der Waals surface area contributed by atoms with Crippen LogP contribution in [0.1, 0.15) is 29.6 Å². The molecule has 5 rings (SSSR count). The predicted octanol–water partition coefficient (Wildman–Crippen LogP) is 2.61. The standard InChI is InChI=1S/C25H29N5O5S/c1-28-15-22(26-16-28)36(33,34)29-12-9-17(10-13-29)24(31)27-20-7-8-21-23-18(20)5-3-6-19(23)25(32)30(21)11-4-14-35-2/h3,5-8,15-17H,4,9-14H2,1-2H3,(H,27,31). The second-order valence-corrected chi connectivity index (χ2v) is 11.1. The van der Waals surface area contributed by atoms with Crippen molar-refractivity contribution in [3.63, 3.8) is 0 Å². The molecule has 0 spiro atoms. The first-order chi connectivity index (χ1) is 17.3. The third kappa shape index (κ3) is 4.27. The van der Waals surface area contributed by atoms with E-state index < -0.39 is 10.0 Å². The van der Waals surface area contributed by atoms with Crippen LogP contribution in [0.15, 0.2) is 47.9 Å². The zero-order valence-corrected chi connectivity index (χ0v) is 21.1. The Morgan fingerprint density at radius 2 is 1.97 bits per heavy atom. The minimum atomic E-state index is -3.67. The molecule has 0 atom stereocenters. The molecule has 36 heavy (non-hydrogen) atoms. The Kier molecular flexibility index (Phi) is 6.54. The number of rotatable bonds is 8. The van der Waals surface area contributed by atoms with Crippen molar-refractivity contribution in [1.82, 2.24) is 13.9 Å². The molecule has 10 nitrogen and oxygen atoms in total. The lowest BCUT2D eigenvalue weighted by molar-refractivity contribution is -0.120. The maximum atomic E-state index is 13.1. The third-order valence-electron chi connectivity index (χ3n) is 6.88. The summed E-state index contributed by atoms with van der Waals surface area (Å²) in [4.78, 5) is 31.9. The van der Waals surface area contributed by atoms with Gasteiger partial charge >= 0.3 is 0 Å². The highest BCUT2D eigenvalue weighted by Gasteiger charge is 2.34. The molecule has 1 saturated heterocycles. The monoisotopic (exact) mass is 511 g/mol. The van der Waals surface area contributed by atoms with Gasteiger partial charge in [-0.25, -0.2) is 13.4 Å². The van der Waals surface area contributed by atoms with Crippen molar-refractivity contribution in [2.75, 3.05) is 43.6 Å². The molecule has 0 unspecified atom stereocenters. The summed E-state index contributed by atoms with van der Waals surface area (Å²) in [7, 11) is -0.316. The molecule has 1 N–H and O–H groups in total. The Hall–Kier alpha value is -3.28. The number of sulfonamides is 1. The molecule has 3 aromatic rings. The molecule has 2 aliphatic heterocycles. The number of ether oxygens (including phenoxy) is 1. The molecule has 190 valence electrons. The van der Waals surface area contributed by atoms with E-state index in [4.69, 9.17) is 4.74 Å². The fraction of sp³-hybridized carbons (Fsp3) is 0.400. The fourth-order valence-electron chi connectivity index (χ4n) is 4.99. The molecule has 11 heteroatoms. The minimum Gasteiger partial charge on any atom is -0.385 e. The van der Waals surface area contributed by atoms with Crippen molar-refractivity contribution in [3.05, 3.63) is 48.4 Å². The van der Waals surface area contributed by atoms with E-state index in [1.54, 1.807) is 23.6 Å². The molecule has 2 aromatic carbocycles. The number of nitrogens with zero attached hydrogens (tertiary/aromatic N) is 4. The van der Waals surface area contributed by atoms with Crippen LogP contribution < -0.4 is 10.2 Å². The molecule has 1 aromatic heterocycles. The summed E-state index contributed by atoms with van der Waals surface area (Å²) in [6.07, 6.45) is 4.51. The van der Waals surface area contributed by atoms with Gasteiger partial charge in [-0.15, -0.1) is 0 Å².